The van der Waals surface area contributed by atoms with Gasteiger partial charge in [-0.3, -0.25) is 9.58 Å². The predicted molar refractivity (Wildman–Crippen MR) is 99.1 cm³/mol. The maximum atomic E-state index is 4.53. The first-order chi connectivity index (χ1) is 11.7. The fourth-order valence-electron chi connectivity index (χ4n) is 4.34. The predicted octanol–water partition coefficient (Wildman–Crippen LogP) is 3.67. The van der Waals surface area contributed by atoms with Gasteiger partial charge >= 0.3 is 0 Å². The summed E-state index contributed by atoms with van der Waals surface area (Å²) >= 11 is 1.80. The summed E-state index contributed by atoms with van der Waals surface area (Å²) < 4.78 is 2.18. The van der Waals surface area contributed by atoms with Crippen LogP contribution in [-0.4, -0.2) is 33.8 Å². The number of rotatable bonds is 6. The molecule has 24 heavy (non-hydrogen) atoms. The van der Waals surface area contributed by atoms with Crippen molar-refractivity contribution in [3.05, 3.63) is 40.3 Å². The summed E-state index contributed by atoms with van der Waals surface area (Å²) in [6.07, 6.45) is 5.99. The van der Waals surface area contributed by atoms with Crippen molar-refractivity contribution in [1.82, 2.24) is 20.0 Å². The Hall–Kier alpha value is -1.17. The Morgan fingerprint density at radius 2 is 2.17 bits per heavy atom. The summed E-state index contributed by atoms with van der Waals surface area (Å²) in [7, 11) is 0. The molecule has 130 valence electrons. The fraction of sp³-hybridized carbons (Fsp3) is 0.632. The number of thiophene rings is 1. The van der Waals surface area contributed by atoms with E-state index in [2.05, 4.69) is 56.7 Å². The highest BCUT2D eigenvalue weighted by Gasteiger charge is 2.56. The van der Waals surface area contributed by atoms with Crippen molar-refractivity contribution in [2.45, 2.75) is 58.3 Å². The molecule has 2 aromatic rings. The van der Waals surface area contributed by atoms with Crippen LogP contribution in [0.1, 0.15) is 50.4 Å². The smallest absolute Gasteiger partial charge is 0.0527 e. The van der Waals surface area contributed by atoms with Gasteiger partial charge in [-0.05, 0) is 80.1 Å². The van der Waals surface area contributed by atoms with Crippen LogP contribution in [0.3, 0.4) is 0 Å². The summed E-state index contributed by atoms with van der Waals surface area (Å²) in [6.45, 7) is 8.87. The summed E-state index contributed by atoms with van der Waals surface area (Å²) in [6, 6.07) is 5.62. The summed E-state index contributed by atoms with van der Waals surface area (Å²) in [5, 5.41) is 12.5. The molecule has 4 rings (SSSR count). The molecule has 5 heteroatoms. The minimum absolute atomic E-state index is 0.421. The maximum Gasteiger partial charge on any atom is 0.0527 e. The van der Waals surface area contributed by atoms with Crippen molar-refractivity contribution in [2.24, 2.45) is 5.41 Å². The van der Waals surface area contributed by atoms with Crippen LogP contribution in [0.5, 0.6) is 0 Å². The van der Waals surface area contributed by atoms with Crippen LogP contribution in [0.15, 0.2) is 29.1 Å². The molecule has 4 nitrogen and oxygen atoms in total. The Morgan fingerprint density at radius 3 is 2.88 bits per heavy atom. The average molecular weight is 345 g/mol. The van der Waals surface area contributed by atoms with Crippen molar-refractivity contribution in [2.75, 3.05) is 13.1 Å². The van der Waals surface area contributed by atoms with Gasteiger partial charge in [-0.1, -0.05) is 0 Å². The highest BCUT2D eigenvalue weighted by Crippen LogP contribution is 2.56. The summed E-state index contributed by atoms with van der Waals surface area (Å²) in [4.78, 5) is 2.71. The molecule has 1 spiro atoms. The fourth-order valence-corrected chi connectivity index (χ4v) is 5.00. The van der Waals surface area contributed by atoms with Gasteiger partial charge in [-0.2, -0.15) is 16.4 Å². The molecular formula is C19H28N4S. The molecule has 1 aliphatic carbocycles. The lowest BCUT2D eigenvalue weighted by atomic mass is 9.93. The Labute approximate surface area is 148 Å². The van der Waals surface area contributed by atoms with E-state index in [1.165, 1.54) is 43.6 Å². The van der Waals surface area contributed by atoms with E-state index in [4.69, 9.17) is 0 Å². The molecular weight excluding hydrogens is 316 g/mol. The third-order valence-corrected chi connectivity index (χ3v) is 6.49. The Kier molecular flexibility index (Phi) is 4.50. The molecule has 0 bridgehead atoms. The van der Waals surface area contributed by atoms with Crippen LogP contribution >= 0.6 is 11.3 Å². The SMILES string of the molecule is CC(C)n1nccc1CN(Cc1ccsc1)C1CC12CCNCC2. The highest BCUT2D eigenvalue weighted by atomic mass is 32.1. The van der Waals surface area contributed by atoms with Gasteiger partial charge in [0.25, 0.3) is 0 Å². The van der Waals surface area contributed by atoms with Gasteiger partial charge in [-0.25, -0.2) is 0 Å². The molecule has 2 aromatic heterocycles. The Morgan fingerprint density at radius 1 is 1.33 bits per heavy atom. The normalized spacial score (nSPS) is 22.6. The molecule has 0 radical (unpaired) electrons. The van der Waals surface area contributed by atoms with Crippen LogP contribution in [-0.2, 0) is 13.1 Å². The topological polar surface area (TPSA) is 33.1 Å². The second-order valence-corrected chi connectivity index (χ2v) is 8.51. The zero-order chi connectivity index (χ0) is 16.6. The molecule has 1 N–H and O–H groups in total. The second kappa shape index (κ2) is 6.62. The van der Waals surface area contributed by atoms with E-state index in [1.54, 1.807) is 11.3 Å². The van der Waals surface area contributed by atoms with E-state index in [0.29, 0.717) is 11.5 Å². The zero-order valence-corrected chi connectivity index (χ0v) is 15.6. The summed E-state index contributed by atoms with van der Waals surface area (Å²) in [5.74, 6) is 0. The van der Waals surface area contributed by atoms with Gasteiger partial charge in [-0.15, -0.1) is 0 Å². The van der Waals surface area contributed by atoms with Crippen molar-refractivity contribution in [3.8, 4) is 0 Å². The molecule has 2 aliphatic rings. The standard InChI is InChI=1S/C19H28N4S/c1-15(2)23-17(3-7-21-23)13-22(12-16-4-10-24-14-16)18-11-19(18)5-8-20-9-6-19/h3-4,7,10,14-15,18,20H,5-6,8-9,11-13H2,1-2H3. The number of nitrogens with zero attached hydrogens (tertiary/aromatic N) is 3. The van der Waals surface area contributed by atoms with Crippen LogP contribution in [0.4, 0.5) is 0 Å². The first kappa shape index (κ1) is 16.3. The Bertz CT molecular complexity index is 655. The van der Waals surface area contributed by atoms with Crippen molar-refractivity contribution in [1.29, 1.82) is 0 Å². The number of piperidine rings is 1. The van der Waals surface area contributed by atoms with Crippen molar-refractivity contribution < 1.29 is 0 Å². The molecule has 1 aliphatic heterocycles. The number of aromatic nitrogens is 2. The monoisotopic (exact) mass is 344 g/mol. The van der Waals surface area contributed by atoms with Gasteiger partial charge in [0.2, 0.25) is 0 Å². The van der Waals surface area contributed by atoms with E-state index in [9.17, 15) is 0 Å². The third kappa shape index (κ3) is 3.17. The van der Waals surface area contributed by atoms with Gasteiger partial charge in [0.05, 0.1) is 5.69 Å². The van der Waals surface area contributed by atoms with Crippen molar-refractivity contribution in [3.63, 3.8) is 0 Å². The maximum absolute atomic E-state index is 4.53. The van der Waals surface area contributed by atoms with Crippen molar-refractivity contribution >= 4 is 11.3 Å². The van der Waals surface area contributed by atoms with E-state index < -0.39 is 0 Å². The first-order valence-corrected chi connectivity index (χ1v) is 10.1. The largest absolute Gasteiger partial charge is 0.317 e. The first-order valence-electron chi connectivity index (χ1n) is 9.16. The van der Waals surface area contributed by atoms with Gasteiger partial charge in [0.15, 0.2) is 0 Å². The quantitative estimate of drug-likeness (QED) is 0.868. The molecule has 1 saturated heterocycles. The molecule has 0 aromatic carbocycles. The molecule has 0 amide bonds. The second-order valence-electron chi connectivity index (χ2n) is 7.73. The lowest BCUT2D eigenvalue weighted by Crippen LogP contribution is -2.36. The minimum atomic E-state index is 0.421. The third-order valence-electron chi connectivity index (χ3n) is 5.76. The van der Waals surface area contributed by atoms with Crippen LogP contribution in [0.25, 0.3) is 0 Å². The van der Waals surface area contributed by atoms with Crippen LogP contribution < -0.4 is 5.32 Å². The molecule has 1 atom stereocenters. The van der Waals surface area contributed by atoms with E-state index in [-0.39, 0.29) is 0 Å². The van der Waals surface area contributed by atoms with E-state index in [1.807, 2.05) is 6.20 Å². The molecule has 2 fully saturated rings. The molecule has 1 saturated carbocycles. The number of nitrogens with one attached hydrogen (secondary N) is 1. The highest BCUT2D eigenvalue weighted by molar-refractivity contribution is 7.07. The van der Waals surface area contributed by atoms with Crippen LogP contribution in [0, 0.1) is 5.41 Å². The van der Waals surface area contributed by atoms with Gasteiger partial charge < -0.3 is 5.32 Å². The Balaban J connectivity index is 1.53. The van der Waals surface area contributed by atoms with E-state index in [0.717, 1.165) is 19.1 Å². The number of hydrogen-bond donors (Lipinski definition) is 1. The average Bonchev–Trinajstić information content (AvgIpc) is 2.99. The lowest BCUT2D eigenvalue weighted by Gasteiger charge is -2.29. The molecule has 1 unspecified atom stereocenters. The minimum Gasteiger partial charge on any atom is -0.317 e. The molecule has 3 heterocycles. The number of hydrogen-bond acceptors (Lipinski definition) is 4. The van der Waals surface area contributed by atoms with Gasteiger partial charge in [0, 0.05) is 31.4 Å². The zero-order valence-electron chi connectivity index (χ0n) is 14.7. The summed E-state index contributed by atoms with van der Waals surface area (Å²) in [5.41, 5.74) is 3.37. The van der Waals surface area contributed by atoms with Gasteiger partial charge in [0.1, 0.15) is 0 Å². The van der Waals surface area contributed by atoms with Crippen LogP contribution in [0.2, 0.25) is 0 Å². The lowest BCUT2D eigenvalue weighted by molar-refractivity contribution is 0.182. The van der Waals surface area contributed by atoms with E-state index >= 15 is 0 Å².